The van der Waals surface area contributed by atoms with Crippen molar-refractivity contribution in [3.63, 3.8) is 0 Å². The summed E-state index contributed by atoms with van der Waals surface area (Å²) in [6, 6.07) is 8.30. The predicted molar refractivity (Wildman–Crippen MR) is 140 cm³/mol. The number of H-pyrrole nitrogens is 2. The lowest BCUT2D eigenvalue weighted by molar-refractivity contribution is 0.0694. The van der Waals surface area contributed by atoms with Gasteiger partial charge in [0.2, 0.25) is 0 Å². The molecule has 0 bridgehead atoms. The van der Waals surface area contributed by atoms with Gasteiger partial charge in [-0.25, -0.2) is 4.99 Å². The number of fused-ring (bicyclic) bond motifs is 1. The SMILES string of the molecule is O=C(NC1CCOCC1)c1cc2ccc(C3=NCCC(NC4C=CC(c5cn[nH]c5)=CC4)=N3)cc2[nH]1. The highest BCUT2D eigenvalue weighted by atomic mass is 16.5. The number of nitrogens with one attached hydrogen (secondary N) is 4. The van der Waals surface area contributed by atoms with E-state index in [2.05, 4.69) is 49.0 Å². The highest BCUT2D eigenvalue weighted by Gasteiger charge is 2.19. The summed E-state index contributed by atoms with van der Waals surface area (Å²) in [6.45, 7) is 2.08. The van der Waals surface area contributed by atoms with Gasteiger partial charge in [0.05, 0.1) is 6.20 Å². The fraction of sp³-hybridized carbons (Fsp3) is 0.333. The minimum absolute atomic E-state index is 0.0790. The first-order chi connectivity index (χ1) is 17.7. The number of benzene rings is 1. The van der Waals surface area contributed by atoms with Gasteiger partial charge >= 0.3 is 0 Å². The molecular weight excluding hydrogens is 454 g/mol. The van der Waals surface area contributed by atoms with Crippen LogP contribution in [0.3, 0.4) is 0 Å². The average Bonchev–Trinajstić information content (AvgIpc) is 3.60. The molecule has 1 amide bonds. The quantitative estimate of drug-likeness (QED) is 0.445. The van der Waals surface area contributed by atoms with Crippen LogP contribution in [0.1, 0.15) is 47.3 Å². The number of allylic oxidation sites excluding steroid dienone is 2. The van der Waals surface area contributed by atoms with E-state index >= 15 is 0 Å². The molecule has 4 heterocycles. The fourth-order valence-electron chi connectivity index (χ4n) is 4.80. The number of hydrogen-bond donors (Lipinski definition) is 4. The number of carbonyl (C=O) groups is 1. The van der Waals surface area contributed by atoms with Gasteiger partial charge in [0.15, 0.2) is 5.84 Å². The van der Waals surface area contributed by atoms with E-state index in [1.54, 1.807) is 0 Å². The van der Waals surface area contributed by atoms with Crippen LogP contribution in [0.4, 0.5) is 0 Å². The molecule has 1 aromatic carbocycles. The monoisotopic (exact) mass is 483 g/mol. The van der Waals surface area contributed by atoms with Crippen LogP contribution in [0, 0.1) is 0 Å². The van der Waals surface area contributed by atoms with Crippen molar-refractivity contribution < 1.29 is 9.53 Å². The van der Waals surface area contributed by atoms with Crippen LogP contribution < -0.4 is 10.6 Å². The minimum Gasteiger partial charge on any atom is -0.381 e. The Morgan fingerprint density at radius 1 is 1.14 bits per heavy atom. The first-order valence-corrected chi connectivity index (χ1v) is 12.5. The van der Waals surface area contributed by atoms with Crippen molar-refractivity contribution in [2.24, 2.45) is 9.98 Å². The van der Waals surface area contributed by atoms with Gasteiger partial charge in [-0.05, 0) is 37.0 Å². The summed E-state index contributed by atoms with van der Waals surface area (Å²) in [4.78, 5) is 25.5. The summed E-state index contributed by atoms with van der Waals surface area (Å²) in [7, 11) is 0. The maximum Gasteiger partial charge on any atom is 0.267 e. The van der Waals surface area contributed by atoms with E-state index in [4.69, 9.17) is 9.73 Å². The number of nitrogens with zero attached hydrogens (tertiary/aromatic N) is 3. The molecule has 36 heavy (non-hydrogen) atoms. The molecule has 3 aromatic rings. The van der Waals surface area contributed by atoms with E-state index in [1.165, 1.54) is 5.57 Å². The Hall–Kier alpha value is -3.98. The number of ether oxygens (including phenoxy) is 1. The van der Waals surface area contributed by atoms with Gasteiger partial charge in [0, 0.05) is 66.5 Å². The number of aliphatic imine (C=N–C) groups is 2. The third kappa shape index (κ3) is 4.87. The lowest BCUT2D eigenvalue weighted by atomic mass is 9.99. The second-order valence-electron chi connectivity index (χ2n) is 9.35. The molecule has 1 fully saturated rings. The summed E-state index contributed by atoms with van der Waals surface area (Å²) in [5.74, 6) is 1.57. The first kappa shape index (κ1) is 22.5. The molecular formula is C27H29N7O2. The van der Waals surface area contributed by atoms with Crippen LogP contribution in [0.25, 0.3) is 16.5 Å². The lowest BCUT2D eigenvalue weighted by Crippen LogP contribution is -2.39. The van der Waals surface area contributed by atoms with Crippen LogP contribution >= 0.6 is 0 Å². The number of hydrogen-bond acceptors (Lipinski definition) is 6. The normalized spacial score (nSPS) is 20.6. The second kappa shape index (κ2) is 9.94. The van der Waals surface area contributed by atoms with Crippen LogP contribution in [-0.4, -0.2) is 64.6 Å². The van der Waals surface area contributed by atoms with Gasteiger partial charge in [-0.15, -0.1) is 0 Å². The Balaban J connectivity index is 1.13. The van der Waals surface area contributed by atoms with E-state index in [-0.39, 0.29) is 18.0 Å². The zero-order chi connectivity index (χ0) is 24.3. The second-order valence-corrected chi connectivity index (χ2v) is 9.35. The Bertz CT molecular complexity index is 1370. The Morgan fingerprint density at radius 2 is 2.06 bits per heavy atom. The zero-order valence-corrected chi connectivity index (χ0v) is 20.0. The highest BCUT2D eigenvalue weighted by Crippen LogP contribution is 2.22. The predicted octanol–water partition coefficient (Wildman–Crippen LogP) is 3.35. The van der Waals surface area contributed by atoms with Crippen molar-refractivity contribution in [1.29, 1.82) is 0 Å². The van der Waals surface area contributed by atoms with Crippen LogP contribution in [0.15, 0.2) is 64.9 Å². The Labute approximate surface area is 208 Å². The number of amides is 1. The van der Waals surface area contributed by atoms with Crippen molar-refractivity contribution in [3.05, 3.63) is 71.7 Å². The van der Waals surface area contributed by atoms with Gasteiger partial charge in [-0.1, -0.05) is 30.4 Å². The highest BCUT2D eigenvalue weighted by molar-refractivity contribution is 6.09. The molecule has 9 nitrogen and oxygen atoms in total. The molecule has 0 saturated carbocycles. The average molecular weight is 484 g/mol. The first-order valence-electron chi connectivity index (χ1n) is 12.5. The van der Waals surface area contributed by atoms with E-state index < -0.39 is 0 Å². The number of aromatic amines is 2. The zero-order valence-electron chi connectivity index (χ0n) is 20.0. The van der Waals surface area contributed by atoms with Crippen LogP contribution in [-0.2, 0) is 4.74 Å². The van der Waals surface area contributed by atoms with E-state index in [9.17, 15) is 4.79 Å². The smallest absolute Gasteiger partial charge is 0.267 e. The van der Waals surface area contributed by atoms with Crippen molar-refractivity contribution in [1.82, 2.24) is 25.8 Å². The van der Waals surface area contributed by atoms with Crippen molar-refractivity contribution in [2.45, 2.75) is 37.8 Å². The van der Waals surface area contributed by atoms with Crippen LogP contribution in [0.5, 0.6) is 0 Å². The van der Waals surface area contributed by atoms with Gasteiger partial charge in [0.25, 0.3) is 5.91 Å². The topological polar surface area (TPSA) is 120 Å². The molecule has 3 aliphatic rings. The molecule has 2 aromatic heterocycles. The molecule has 1 aliphatic carbocycles. The van der Waals surface area contributed by atoms with Gasteiger partial charge in [0.1, 0.15) is 11.5 Å². The number of aromatic nitrogens is 3. The summed E-state index contributed by atoms with van der Waals surface area (Å²) in [6.07, 6.45) is 13.6. The molecule has 0 radical (unpaired) electrons. The lowest BCUT2D eigenvalue weighted by Gasteiger charge is -2.22. The van der Waals surface area contributed by atoms with Crippen LogP contribution in [0.2, 0.25) is 0 Å². The Kier molecular flexibility index (Phi) is 6.21. The Morgan fingerprint density at radius 3 is 2.86 bits per heavy atom. The standard InChI is InChI=1S/C27H29N7O2/c35-27(32-22-8-11-36-12-9-22)24-13-18-1-2-19(14-23(18)33-24)26-28-10-7-25(34-26)31-21-5-3-17(4-6-21)20-15-29-30-16-20/h1-5,13-16,21-22,33H,6-12H2,(H,29,30)(H,32,35)(H,28,31,34). The third-order valence-electron chi connectivity index (χ3n) is 6.82. The van der Waals surface area contributed by atoms with Crippen molar-refractivity contribution >= 4 is 34.1 Å². The molecule has 2 aliphatic heterocycles. The molecule has 0 spiro atoms. The molecule has 1 saturated heterocycles. The molecule has 184 valence electrons. The molecule has 6 rings (SSSR count). The van der Waals surface area contributed by atoms with Gasteiger partial charge < -0.3 is 20.4 Å². The van der Waals surface area contributed by atoms with Gasteiger partial charge in [-0.3, -0.25) is 14.9 Å². The largest absolute Gasteiger partial charge is 0.381 e. The third-order valence-corrected chi connectivity index (χ3v) is 6.82. The maximum absolute atomic E-state index is 12.7. The fourth-order valence-corrected chi connectivity index (χ4v) is 4.80. The number of carbonyl (C=O) groups excluding carboxylic acids is 1. The van der Waals surface area contributed by atoms with E-state index in [1.807, 2.05) is 36.7 Å². The molecule has 1 unspecified atom stereocenters. The van der Waals surface area contributed by atoms with Gasteiger partial charge in [-0.2, -0.15) is 5.10 Å². The van der Waals surface area contributed by atoms with E-state index in [0.29, 0.717) is 31.3 Å². The van der Waals surface area contributed by atoms with Crippen molar-refractivity contribution in [2.75, 3.05) is 19.8 Å². The maximum atomic E-state index is 12.7. The number of amidine groups is 2. The molecule has 1 atom stereocenters. The van der Waals surface area contributed by atoms with Crippen molar-refractivity contribution in [3.8, 4) is 0 Å². The summed E-state index contributed by atoms with van der Waals surface area (Å²) < 4.78 is 5.38. The summed E-state index contributed by atoms with van der Waals surface area (Å²) in [5.41, 5.74) is 4.67. The number of rotatable bonds is 5. The summed E-state index contributed by atoms with van der Waals surface area (Å²) >= 11 is 0. The minimum atomic E-state index is -0.0790. The molecule has 9 heteroatoms. The van der Waals surface area contributed by atoms with E-state index in [0.717, 1.165) is 53.5 Å². The summed E-state index contributed by atoms with van der Waals surface area (Å²) in [5, 5.41) is 14.5. The molecule has 4 N–H and O–H groups in total.